The maximum atomic E-state index is 13.5. The Morgan fingerprint density at radius 1 is 0.972 bits per heavy atom. The number of ether oxygens (including phenoxy) is 1. The van der Waals surface area contributed by atoms with Crippen molar-refractivity contribution in [2.24, 2.45) is 0 Å². The highest BCUT2D eigenvalue weighted by molar-refractivity contribution is 7.92. The number of anilines is 1. The average molecular weight is 513 g/mol. The van der Waals surface area contributed by atoms with Crippen LogP contribution in [-0.4, -0.2) is 27.5 Å². The zero-order valence-corrected chi connectivity index (χ0v) is 22.1. The monoisotopic (exact) mass is 512 g/mol. The molecule has 0 spiro atoms. The summed E-state index contributed by atoms with van der Waals surface area (Å²) in [6, 6.07) is 18.6. The van der Waals surface area contributed by atoms with Crippen molar-refractivity contribution in [2.45, 2.75) is 51.0 Å². The van der Waals surface area contributed by atoms with E-state index >= 15 is 0 Å². The minimum atomic E-state index is -4.12. The van der Waals surface area contributed by atoms with E-state index in [0.717, 1.165) is 22.0 Å². The van der Waals surface area contributed by atoms with Crippen LogP contribution in [0, 0.1) is 5.82 Å². The molecular formula is C28H33FN2O4S. The van der Waals surface area contributed by atoms with Gasteiger partial charge in [0.05, 0.1) is 23.2 Å². The van der Waals surface area contributed by atoms with Gasteiger partial charge in [0.25, 0.3) is 10.0 Å². The van der Waals surface area contributed by atoms with Gasteiger partial charge in [-0.15, -0.1) is 0 Å². The lowest BCUT2D eigenvalue weighted by Crippen LogP contribution is -2.41. The largest absolute Gasteiger partial charge is 0.494 e. The van der Waals surface area contributed by atoms with Gasteiger partial charge in [-0.05, 0) is 78.9 Å². The quantitative estimate of drug-likeness (QED) is 0.405. The van der Waals surface area contributed by atoms with Crippen molar-refractivity contribution in [1.82, 2.24) is 5.32 Å². The molecule has 0 fully saturated rings. The molecule has 0 heterocycles. The SMILES string of the molecule is CCOc1ccc(S(=O)(=O)N(CC(=O)NC(C)c2ccc(C(C)(C)C)cc2)c2ccc(F)cc2)cc1. The second kappa shape index (κ2) is 11.1. The van der Waals surface area contributed by atoms with Gasteiger partial charge in [0, 0.05) is 0 Å². The van der Waals surface area contributed by atoms with Crippen molar-refractivity contribution in [3.8, 4) is 5.75 Å². The van der Waals surface area contributed by atoms with Crippen molar-refractivity contribution in [3.63, 3.8) is 0 Å². The number of nitrogens with zero attached hydrogens (tertiary/aromatic N) is 1. The minimum Gasteiger partial charge on any atom is -0.494 e. The van der Waals surface area contributed by atoms with Crippen LogP contribution in [0.2, 0.25) is 0 Å². The van der Waals surface area contributed by atoms with E-state index in [-0.39, 0.29) is 22.0 Å². The lowest BCUT2D eigenvalue weighted by atomic mass is 9.86. The van der Waals surface area contributed by atoms with Gasteiger partial charge in [0.2, 0.25) is 5.91 Å². The van der Waals surface area contributed by atoms with Crippen LogP contribution >= 0.6 is 0 Å². The van der Waals surface area contributed by atoms with Crippen LogP contribution < -0.4 is 14.4 Å². The van der Waals surface area contributed by atoms with Crippen LogP contribution in [0.25, 0.3) is 0 Å². The van der Waals surface area contributed by atoms with Crippen molar-refractivity contribution < 1.29 is 22.3 Å². The van der Waals surface area contributed by atoms with E-state index < -0.39 is 28.3 Å². The number of sulfonamides is 1. The third-order valence-corrected chi connectivity index (χ3v) is 7.57. The fraction of sp³-hybridized carbons (Fsp3) is 0.321. The highest BCUT2D eigenvalue weighted by Crippen LogP contribution is 2.26. The molecule has 0 saturated carbocycles. The Kier molecular flexibility index (Phi) is 8.40. The Morgan fingerprint density at radius 2 is 1.56 bits per heavy atom. The zero-order valence-electron chi connectivity index (χ0n) is 21.3. The maximum Gasteiger partial charge on any atom is 0.264 e. The van der Waals surface area contributed by atoms with Crippen LogP contribution in [0.1, 0.15) is 51.8 Å². The summed E-state index contributed by atoms with van der Waals surface area (Å²) < 4.78 is 47.0. The minimum absolute atomic E-state index is 0.00565. The van der Waals surface area contributed by atoms with E-state index in [9.17, 15) is 17.6 Å². The number of halogens is 1. The number of hydrogen-bond acceptors (Lipinski definition) is 4. The predicted octanol–water partition coefficient (Wildman–Crippen LogP) is 5.59. The van der Waals surface area contributed by atoms with E-state index in [1.54, 1.807) is 12.1 Å². The van der Waals surface area contributed by atoms with Gasteiger partial charge in [-0.2, -0.15) is 0 Å². The number of carbonyl (C=O) groups is 1. The van der Waals surface area contributed by atoms with Gasteiger partial charge in [-0.1, -0.05) is 45.0 Å². The predicted molar refractivity (Wildman–Crippen MR) is 140 cm³/mol. The average Bonchev–Trinajstić information content (AvgIpc) is 2.83. The molecule has 36 heavy (non-hydrogen) atoms. The number of benzene rings is 3. The lowest BCUT2D eigenvalue weighted by Gasteiger charge is -2.25. The fourth-order valence-corrected chi connectivity index (χ4v) is 5.12. The van der Waals surface area contributed by atoms with Gasteiger partial charge in [0.15, 0.2) is 0 Å². The first-order valence-electron chi connectivity index (χ1n) is 11.8. The third-order valence-electron chi connectivity index (χ3n) is 5.78. The Morgan fingerprint density at radius 3 is 2.08 bits per heavy atom. The van der Waals surface area contributed by atoms with Gasteiger partial charge in [-0.3, -0.25) is 9.10 Å². The lowest BCUT2D eigenvalue weighted by molar-refractivity contribution is -0.120. The summed E-state index contributed by atoms with van der Waals surface area (Å²) in [4.78, 5) is 13.0. The Hall–Kier alpha value is -3.39. The van der Waals surface area contributed by atoms with E-state index in [2.05, 4.69) is 26.1 Å². The molecule has 3 rings (SSSR count). The molecule has 0 aromatic heterocycles. The number of amides is 1. The zero-order chi connectivity index (χ0) is 26.5. The number of rotatable bonds is 9. The van der Waals surface area contributed by atoms with Crippen molar-refractivity contribution in [1.29, 1.82) is 0 Å². The van der Waals surface area contributed by atoms with Gasteiger partial charge in [0.1, 0.15) is 18.1 Å². The normalized spacial score (nSPS) is 12.6. The highest BCUT2D eigenvalue weighted by Gasteiger charge is 2.28. The van der Waals surface area contributed by atoms with Crippen LogP contribution in [0.15, 0.2) is 77.7 Å². The Bertz CT molecular complexity index is 1270. The van der Waals surface area contributed by atoms with Gasteiger partial charge in [-0.25, -0.2) is 12.8 Å². The molecular weight excluding hydrogens is 479 g/mol. The number of nitrogens with one attached hydrogen (secondary N) is 1. The van der Waals surface area contributed by atoms with Crippen LogP contribution in [0.3, 0.4) is 0 Å². The molecule has 192 valence electrons. The summed E-state index contributed by atoms with van der Waals surface area (Å²) >= 11 is 0. The summed E-state index contributed by atoms with van der Waals surface area (Å²) in [5, 5.41) is 2.88. The molecule has 3 aromatic rings. The Balaban J connectivity index is 1.84. The number of carbonyl (C=O) groups excluding carboxylic acids is 1. The Labute approximate surface area is 213 Å². The van der Waals surface area contributed by atoms with Crippen molar-refractivity contribution in [2.75, 3.05) is 17.5 Å². The molecule has 8 heteroatoms. The molecule has 0 saturated heterocycles. The van der Waals surface area contributed by atoms with Crippen LogP contribution in [-0.2, 0) is 20.2 Å². The molecule has 0 aliphatic carbocycles. The third kappa shape index (κ3) is 6.63. The first kappa shape index (κ1) is 27.2. The second-order valence-electron chi connectivity index (χ2n) is 9.55. The molecule has 1 amide bonds. The van der Waals surface area contributed by atoms with E-state index in [1.807, 2.05) is 38.1 Å². The highest BCUT2D eigenvalue weighted by atomic mass is 32.2. The smallest absolute Gasteiger partial charge is 0.264 e. The molecule has 1 atom stereocenters. The number of hydrogen-bond donors (Lipinski definition) is 1. The van der Waals surface area contributed by atoms with E-state index in [4.69, 9.17) is 4.74 Å². The fourth-order valence-electron chi connectivity index (χ4n) is 3.70. The van der Waals surface area contributed by atoms with Crippen LogP contribution in [0.4, 0.5) is 10.1 Å². The maximum absolute atomic E-state index is 13.5. The van der Waals surface area contributed by atoms with E-state index in [1.165, 1.54) is 29.8 Å². The standard InChI is InChI=1S/C28H33FN2O4S/c1-6-35-25-15-17-26(18-16-25)36(33,34)31(24-13-11-23(29)12-14-24)19-27(32)30-20(2)21-7-9-22(10-8-21)28(3,4)5/h7-18,20H,6,19H2,1-5H3,(H,30,32). The summed E-state index contributed by atoms with van der Waals surface area (Å²) in [6.45, 7) is 10.0. The summed E-state index contributed by atoms with van der Waals surface area (Å²) in [5.41, 5.74) is 2.27. The molecule has 0 aliphatic heterocycles. The molecule has 0 radical (unpaired) electrons. The molecule has 1 unspecified atom stereocenters. The van der Waals surface area contributed by atoms with Crippen LogP contribution in [0.5, 0.6) is 5.75 Å². The summed E-state index contributed by atoms with van der Waals surface area (Å²) in [5.74, 6) is -0.455. The summed E-state index contributed by atoms with van der Waals surface area (Å²) in [6.07, 6.45) is 0. The van der Waals surface area contributed by atoms with Gasteiger partial charge < -0.3 is 10.1 Å². The molecule has 3 aromatic carbocycles. The summed E-state index contributed by atoms with van der Waals surface area (Å²) in [7, 11) is -4.12. The van der Waals surface area contributed by atoms with Gasteiger partial charge >= 0.3 is 0 Å². The molecule has 0 bridgehead atoms. The van der Waals surface area contributed by atoms with Crippen molar-refractivity contribution >= 4 is 21.6 Å². The molecule has 6 nitrogen and oxygen atoms in total. The van der Waals surface area contributed by atoms with E-state index in [0.29, 0.717) is 12.4 Å². The molecule has 1 N–H and O–H groups in total. The van der Waals surface area contributed by atoms with Crippen molar-refractivity contribution in [3.05, 3.63) is 89.7 Å². The second-order valence-corrected chi connectivity index (χ2v) is 11.4. The first-order valence-corrected chi connectivity index (χ1v) is 13.3. The molecule has 0 aliphatic rings. The first-order chi connectivity index (χ1) is 16.9. The topological polar surface area (TPSA) is 75.7 Å².